The van der Waals surface area contributed by atoms with Gasteiger partial charge in [0, 0.05) is 19.3 Å². The van der Waals surface area contributed by atoms with Crippen LogP contribution in [0.2, 0.25) is 0 Å². The summed E-state index contributed by atoms with van der Waals surface area (Å²) in [5, 5.41) is 0. The summed E-state index contributed by atoms with van der Waals surface area (Å²) in [5.74, 6) is -0.883. The van der Waals surface area contributed by atoms with Crippen LogP contribution in [0.4, 0.5) is 0 Å². The molecule has 0 saturated carbocycles. The average Bonchev–Trinajstić information content (AvgIpc) is 3.28. The average molecular weight is 885 g/mol. The van der Waals surface area contributed by atoms with Crippen molar-refractivity contribution in [2.24, 2.45) is 0 Å². The fourth-order valence-corrected chi connectivity index (χ4v) is 7.98. The third-order valence-electron chi connectivity index (χ3n) is 12.1. The molecule has 0 aromatic rings. The minimum Gasteiger partial charge on any atom is -0.462 e. The molecule has 1 unspecified atom stereocenters. The van der Waals surface area contributed by atoms with Gasteiger partial charge in [0.2, 0.25) is 0 Å². The lowest BCUT2D eigenvalue weighted by molar-refractivity contribution is -0.167. The normalized spacial score (nSPS) is 12.2. The molecule has 0 aromatic carbocycles. The lowest BCUT2D eigenvalue weighted by Crippen LogP contribution is -2.30. The molecule has 0 saturated heterocycles. The number of unbranched alkanes of at least 4 members (excludes halogenated alkanes) is 33. The van der Waals surface area contributed by atoms with Crippen LogP contribution in [0.5, 0.6) is 0 Å². The van der Waals surface area contributed by atoms with Gasteiger partial charge in [0.25, 0.3) is 0 Å². The Morgan fingerprint density at radius 3 is 0.889 bits per heavy atom. The number of allylic oxidation sites excluding steroid dienone is 6. The molecular formula is C57H104O6. The Morgan fingerprint density at radius 2 is 0.571 bits per heavy atom. The Bertz CT molecular complexity index is 1060. The van der Waals surface area contributed by atoms with Crippen LogP contribution in [0.1, 0.15) is 290 Å². The van der Waals surface area contributed by atoms with Gasteiger partial charge in [0.1, 0.15) is 13.2 Å². The van der Waals surface area contributed by atoms with E-state index in [9.17, 15) is 14.4 Å². The number of carbonyl (C=O) groups is 3. The Labute approximate surface area is 391 Å². The smallest absolute Gasteiger partial charge is 0.306 e. The van der Waals surface area contributed by atoms with E-state index in [2.05, 4.69) is 57.2 Å². The summed E-state index contributed by atoms with van der Waals surface area (Å²) in [7, 11) is 0. The van der Waals surface area contributed by atoms with E-state index in [0.717, 1.165) is 77.0 Å². The lowest BCUT2D eigenvalue weighted by atomic mass is 10.0. The predicted octanol–water partition coefficient (Wildman–Crippen LogP) is 18.1. The third kappa shape index (κ3) is 50.5. The second kappa shape index (κ2) is 52.3. The van der Waals surface area contributed by atoms with Gasteiger partial charge in [-0.3, -0.25) is 14.4 Å². The molecule has 0 aliphatic rings. The van der Waals surface area contributed by atoms with Gasteiger partial charge >= 0.3 is 17.9 Å². The molecule has 0 aromatic heterocycles. The molecule has 368 valence electrons. The van der Waals surface area contributed by atoms with E-state index in [4.69, 9.17) is 14.2 Å². The highest BCUT2D eigenvalue weighted by atomic mass is 16.6. The first kappa shape index (κ1) is 60.6. The molecule has 6 nitrogen and oxygen atoms in total. The summed E-state index contributed by atoms with van der Waals surface area (Å²) >= 11 is 0. The molecule has 0 amide bonds. The minimum atomic E-state index is -0.771. The van der Waals surface area contributed by atoms with Gasteiger partial charge in [-0.2, -0.15) is 0 Å². The summed E-state index contributed by atoms with van der Waals surface area (Å²) in [4.78, 5) is 37.8. The molecule has 0 N–H and O–H groups in total. The Hall–Kier alpha value is -2.37. The highest BCUT2D eigenvalue weighted by molar-refractivity contribution is 5.71. The Balaban J connectivity index is 4.18. The molecule has 1 atom stereocenters. The molecule has 0 rings (SSSR count). The van der Waals surface area contributed by atoms with Crippen LogP contribution in [-0.2, 0) is 28.6 Å². The van der Waals surface area contributed by atoms with E-state index >= 15 is 0 Å². The second-order valence-electron chi connectivity index (χ2n) is 18.5. The van der Waals surface area contributed by atoms with E-state index in [1.54, 1.807) is 0 Å². The molecular weight excluding hydrogens is 781 g/mol. The van der Waals surface area contributed by atoms with Crippen molar-refractivity contribution in [1.82, 2.24) is 0 Å². The fourth-order valence-electron chi connectivity index (χ4n) is 7.98. The zero-order valence-electron chi connectivity index (χ0n) is 42.1. The van der Waals surface area contributed by atoms with Crippen LogP contribution in [0, 0.1) is 0 Å². The van der Waals surface area contributed by atoms with E-state index in [1.807, 2.05) is 0 Å². The standard InChI is InChI=1S/C57H104O6/c1-4-7-10-13-16-18-20-22-24-26-28-29-30-32-33-35-37-39-41-44-47-50-56(59)62-53-54(52-61-55(58)49-46-43-15-12-9-6-3)63-57(60)51-48-45-42-40-38-36-34-31-27-25-23-21-19-17-14-11-8-5-2/h20,22,26,28,30,32,54H,4-19,21,23-25,27,29,31,33-53H2,1-3H3/b22-20-,28-26-,32-30-. The Kier molecular flexibility index (Phi) is 50.3. The maximum atomic E-state index is 12.8. The number of rotatable bonds is 50. The predicted molar refractivity (Wildman–Crippen MR) is 270 cm³/mol. The number of hydrogen-bond donors (Lipinski definition) is 0. The van der Waals surface area contributed by atoms with Crippen molar-refractivity contribution >= 4 is 17.9 Å². The van der Waals surface area contributed by atoms with Crippen molar-refractivity contribution in [2.45, 2.75) is 297 Å². The summed E-state index contributed by atoms with van der Waals surface area (Å²) in [6.07, 6.45) is 61.6. The number of esters is 3. The minimum absolute atomic E-state index is 0.0738. The molecule has 63 heavy (non-hydrogen) atoms. The molecule has 0 heterocycles. The van der Waals surface area contributed by atoms with Gasteiger partial charge in [-0.1, -0.05) is 250 Å². The van der Waals surface area contributed by atoms with Crippen LogP contribution in [0.25, 0.3) is 0 Å². The van der Waals surface area contributed by atoms with Crippen LogP contribution in [0.3, 0.4) is 0 Å². The second-order valence-corrected chi connectivity index (χ2v) is 18.5. The van der Waals surface area contributed by atoms with Crippen molar-refractivity contribution in [1.29, 1.82) is 0 Å². The van der Waals surface area contributed by atoms with Gasteiger partial charge in [0.05, 0.1) is 0 Å². The quantitative estimate of drug-likeness (QED) is 0.0262. The first-order valence-electron chi connectivity index (χ1n) is 27.5. The molecule has 0 bridgehead atoms. The largest absolute Gasteiger partial charge is 0.462 e. The maximum absolute atomic E-state index is 12.8. The number of ether oxygens (including phenoxy) is 3. The maximum Gasteiger partial charge on any atom is 0.306 e. The monoisotopic (exact) mass is 885 g/mol. The van der Waals surface area contributed by atoms with Crippen molar-refractivity contribution in [2.75, 3.05) is 13.2 Å². The van der Waals surface area contributed by atoms with Gasteiger partial charge in [-0.05, 0) is 57.8 Å². The van der Waals surface area contributed by atoms with Crippen LogP contribution >= 0.6 is 0 Å². The fraction of sp³-hybridized carbons (Fsp3) is 0.842. The van der Waals surface area contributed by atoms with Crippen molar-refractivity contribution in [3.8, 4) is 0 Å². The summed E-state index contributed by atoms with van der Waals surface area (Å²) in [6, 6.07) is 0. The summed E-state index contributed by atoms with van der Waals surface area (Å²) in [5.41, 5.74) is 0. The molecule has 0 fully saturated rings. The zero-order valence-corrected chi connectivity index (χ0v) is 42.1. The van der Waals surface area contributed by atoms with E-state index in [0.29, 0.717) is 19.3 Å². The molecule has 0 radical (unpaired) electrons. The van der Waals surface area contributed by atoms with Gasteiger partial charge in [0.15, 0.2) is 6.10 Å². The highest BCUT2D eigenvalue weighted by Gasteiger charge is 2.19. The van der Waals surface area contributed by atoms with Crippen molar-refractivity contribution in [3.05, 3.63) is 36.5 Å². The van der Waals surface area contributed by atoms with Gasteiger partial charge in [-0.25, -0.2) is 0 Å². The molecule has 6 heteroatoms. The zero-order chi connectivity index (χ0) is 45.8. The SMILES string of the molecule is CCCCCCC/C=C\C/C=C\C/C=C\CCCCCCCCC(=O)OCC(COC(=O)CCCCCCCC)OC(=O)CCCCCCCCCCCCCCCCCCCC. The molecule has 0 aliphatic heterocycles. The van der Waals surface area contributed by atoms with E-state index < -0.39 is 6.10 Å². The van der Waals surface area contributed by atoms with E-state index in [-0.39, 0.29) is 31.1 Å². The van der Waals surface area contributed by atoms with Crippen molar-refractivity contribution < 1.29 is 28.6 Å². The van der Waals surface area contributed by atoms with Crippen LogP contribution in [-0.4, -0.2) is 37.2 Å². The van der Waals surface area contributed by atoms with Gasteiger partial charge in [-0.15, -0.1) is 0 Å². The third-order valence-corrected chi connectivity index (χ3v) is 12.1. The first-order chi connectivity index (χ1) is 31.0. The van der Waals surface area contributed by atoms with E-state index in [1.165, 1.54) is 173 Å². The number of hydrogen-bond acceptors (Lipinski definition) is 6. The first-order valence-corrected chi connectivity index (χ1v) is 27.5. The molecule has 0 spiro atoms. The number of carbonyl (C=O) groups excluding carboxylic acids is 3. The summed E-state index contributed by atoms with van der Waals surface area (Å²) < 4.78 is 16.7. The lowest BCUT2D eigenvalue weighted by Gasteiger charge is -2.18. The topological polar surface area (TPSA) is 78.9 Å². The Morgan fingerprint density at radius 1 is 0.317 bits per heavy atom. The molecule has 0 aliphatic carbocycles. The highest BCUT2D eigenvalue weighted by Crippen LogP contribution is 2.16. The van der Waals surface area contributed by atoms with Crippen LogP contribution < -0.4 is 0 Å². The van der Waals surface area contributed by atoms with Crippen LogP contribution in [0.15, 0.2) is 36.5 Å². The summed E-state index contributed by atoms with van der Waals surface area (Å²) in [6.45, 7) is 6.59. The van der Waals surface area contributed by atoms with Crippen molar-refractivity contribution in [3.63, 3.8) is 0 Å². The van der Waals surface area contributed by atoms with Gasteiger partial charge < -0.3 is 14.2 Å².